The van der Waals surface area contributed by atoms with Crippen molar-refractivity contribution in [3.8, 4) is 17.2 Å². The van der Waals surface area contributed by atoms with Crippen LogP contribution in [0.15, 0.2) is 42.5 Å². The number of amides is 2. The maximum Gasteiger partial charge on any atom is 0.279 e. The zero-order valence-corrected chi connectivity index (χ0v) is 15.2. The molecule has 0 unspecified atom stereocenters. The van der Waals surface area contributed by atoms with Crippen LogP contribution >= 0.6 is 0 Å². The average Bonchev–Trinajstić information content (AvgIpc) is 2.71. The number of aldehydes is 1. The smallest absolute Gasteiger partial charge is 0.279 e. The summed E-state index contributed by atoms with van der Waals surface area (Å²) < 4.78 is 28.6. The van der Waals surface area contributed by atoms with Gasteiger partial charge in [0.1, 0.15) is 17.9 Å². The molecule has 2 N–H and O–H groups in total. The maximum absolute atomic E-state index is 12.9. The molecule has 0 aliphatic carbocycles. The number of nitrogens with one attached hydrogen (secondary N) is 2. The molecular weight excluding hydrogens is 371 g/mol. The van der Waals surface area contributed by atoms with Gasteiger partial charge in [0.2, 0.25) is 0 Å². The van der Waals surface area contributed by atoms with E-state index in [4.69, 9.17) is 14.2 Å². The van der Waals surface area contributed by atoms with E-state index in [1.54, 1.807) is 0 Å². The van der Waals surface area contributed by atoms with Crippen LogP contribution < -0.4 is 25.1 Å². The van der Waals surface area contributed by atoms with Crippen LogP contribution in [0.4, 0.5) is 4.39 Å². The number of carbonyl (C=O) groups is 3. The molecule has 0 spiro atoms. The van der Waals surface area contributed by atoms with E-state index in [1.807, 2.05) is 0 Å². The lowest BCUT2D eigenvalue weighted by Gasteiger charge is -2.15. The second kappa shape index (κ2) is 9.91. The molecule has 8 nitrogen and oxygen atoms in total. The van der Waals surface area contributed by atoms with Gasteiger partial charge < -0.3 is 14.2 Å². The molecule has 0 saturated heterocycles. The highest BCUT2D eigenvalue weighted by Crippen LogP contribution is 2.27. The fourth-order valence-electron chi connectivity index (χ4n) is 2.06. The van der Waals surface area contributed by atoms with Crippen LogP contribution in [0, 0.1) is 5.82 Å². The molecule has 28 heavy (non-hydrogen) atoms. The molecule has 9 heteroatoms. The van der Waals surface area contributed by atoms with Crippen molar-refractivity contribution in [1.29, 1.82) is 0 Å². The van der Waals surface area contributed by atoms with E-state index in [0.29, 0.717) is 23.3 Å². The maximum atomic E-state index is 12.9. The minimum Gasteiger partial charge on any atom is -0.493 e. The zero-order chi connectivity index (χ0) is 20.5. The number of benzene rings is 2. The monoisotopic (exact) mass is 390 g/mol. The Bertz CT molecular complexity index is 841. The summed E-state index contributed by atoms with van der Waals surface area (Å²) in [7, 11) is 1.40. The van der Waals surface area contributed by atoms with E-state index in [1.165, 1.54) is 56.5 Å². The molecular formula is C19H19FN2O6. The van der Waals surface area contributed by atoms with Crippen LogP contribution in [-0.2, 0) is 9.59 Å². The Morgan fingerprint density at radius 1 is 1.11 bits per heavy atom. The summed E-state index contributed by atoms with van der Waals surface area (Å²) in [5.41, 5.74) is 4.79. The van der Waals surface area contributed by atoms with Crippen molar-refractivity contribution in [2.45, 2.75) is 13.0 Å². The third-order valence-electron chi connectivity index (χ3n) is 3.50. The minimum absolute atomic E-state index is 0.266. The molecule has 0 fully saturated rings. The first kappa shape index (κ1) is 20.7. The van der Waals surface area contributed by atoms with Crippen molar-refractivity contribution in [2.75, 3.05) is 13.7 Å². The van der Waals surface area contributed by atoms with E-state index in [0.717, 1.165) is 0 Å². The van der Waals surface area contributed by atoms with Gasteiger partial charge in [0.25, 0.3) is 11.8 Å². The molecule has 0 bridgehead atoms. The van der Waals surface area contributed by atoms with Gasteiger partial charge in [-0.1, -0.05) is 0 Å². The van der Waals surface area contributed by atoms with Gasteiger partial charge in [-0.25, -0.2) is 4.39 Å². The number of hydrazine groups is 1. The second-order valence-electron chi connectivity index (χ2n) is 5.57. The topological polar surface area (TPSA) is 103 Å². The summed E-state index contributed by atoms with van der Waals surface area (Å²) in [6.45, 7) is 1.07. The van der Waals surface area contributed by atoms with Gasteiger partial charge in [0, 0.05) is 5.56 Å². The van der Waals surface area contributed by atoms with Gasteiger partial charge in [0.05, 0.1) is 7.11 Å². The number of halogens is 1. The van der Waals surface area contributed by atoms with Crippen molar-refractivity contribution < 1.29 is 33.0 Å². The van der Waals surface area contributed by atoms with Gasteiger partial charge in [-0.3, -0.25) is 25.2 Å². The average molecular weight is 390 g/mol. The van der Waals surface area contributed by atoms with E-state index in [2.05, 4.69) is 10.9 Å². The Balaban J connectivity index is 1.79. The lowest BCUT2D eigenvalue weighted by molar-refractivity contribution is -0.133. The molecule has 0 saturated carbocycles. The van der Waals surface area contributed by atoms with Gasteiger partial charge in [-0.05, 0) is 49.4 Å². The first-order valence-corrected chi connectivity index (χ1v) is 8.20. The van der Waals surface area contributed by atoms with Crippen LogP contribution in [0.5, 0.6) is 17.2 Å². The Hall–Kier alpha value is -3.62. The zero-order valence-electron chi connectivity index (χ0n) is 15.2. The second-order valence-corrected chi connectivity index (χ2v) is 5.57. The van der Waals surface area contributed by atoms with Gasteiger partial charge in [-0.2, -0.15) is 0 Å². The normalized spacial score (nSPS) is 11.1. The molecule has 2 aromatic carbocycles. The predicted octanol–water partition coefficient (Wildman–Crippen LogP) is 1.64. The Kier molecular flexibility index (Phi) is 7.32. The van der Waals surface area contributed by atoms with Crippen LogP contribution in [0.25, 0.3) is 0 Å². The highest BCUT2D eigenvalue weighted by atomic mass is 19.1. The van der Waals surface area contributed by atoms with E-state index >= 15 is 0 Å². The Morgan fingerprint density at radius 2 is 1.82 bits per heavy atom. The molecule has 148 valence electrons. The number of hydrogen-bond donors (Lipinski definition) is 2. The molecule has 0 aliphatic rings. The van der Waals surface area contributed by atoms with Crippen molar-refractivity contribution in [3.05, 3.63) is 53.8 Å². The molecule has 0 radical (unpaired) electrons. The molecule has 0 heterocycles. The molecule has 2 amide bonds. The molecule has 2 aromatic rings. The number of rotatable bonds is 8. The van der Waals surface area contributed by atoms with Gasteiger partial charge in [0.15, 0.2) is 24.2 Å². The summed E-state index contributed by atoms with van der Waals surface area (Å²) in [5, 5.41) is 0. The largest absolute Gasteiger partial charge is 0.493 e. The van der Waals surface area contributed by atoms with Crippen LogP contribution in [0.2, 0.25) is 0 Å². The van der Waals surface area contributed by atoms with Crippen LogP contribution in [-0.4, -0.2) is 37.9 Å². The van der Waals surface area contributed by atoms with Crippen LogP contribution in [0.3, 0.4) is 0 Å². The summed E-state index contributed by atoms with van der Waals surface area (Å²) in [6.07, 6.45) is -0.272. The summed E-state index contributed by atoms with van der Waals surface area (Å²) in [5.74, 6) is -0.779. The lowest BCUT2D eigenvalue weighted by Crippen LogP contribution is -2.48. The number of methoxy groups -OCH3 is 1. The fourth-order valence-corrected chi connectivity index (χ4v) is 2.06. The van der Waals surface area contributed by atoms with E-state index < -0.39 is 30.3 Å². The van der Waals surface area contributed by atoms with Crippen molar-refractivity contribution in [1.82, 2.24) is 10.9 Å². The third-order valence-corrected chi connectivity index (χ3v) is 3.50. The van der Waals surface area contributed by atoms with Crippen molar-refractivity contribution >= 4 is 18.1 Å². The number of hydrogen-bond acceptors (Lipinski definition) is 6. The standard InChI is InChI=1S/C19H19FN2O6/c1-12(28-15-6-4-14(20)5-7-15)19(25)22-21-18(24)11-27-16-8-3-13(10-23)9-17(16)26-2/h3-10,12H,11H2,1-2H3,(H,21,24)(H,22,25)/t12-/m1/s1. The molecule has 2 rings (SSSR count). The number of carbonyl (C=O) groups excluding carboxylic acids is 3. The van der Waals surface area contributed by atoms with E-state index in [-0.39, 0.29) is 5.75 Å². The Morgan fingerprint density at radius 3 is 2.46 bits per heavy atom. The SMILES string of the molecule is COc1cc(C=O)ccc1OCC(=O)NNC(=O)[C@@H](C)Oc1ccc(F)cc1. The lowest BCUT2D eigenvalue weighted by atomic mass is 10.2. The highest BCUT2D eigenvalue weighted by Gasteiger charge is 2.16. The van der Waals surface area contributed by atoms with Crippen LogP contribution in [0.1, 0.15) is 17.3 Å². The predicted molar refractivity (Wildman–Crippen MR) is 96.7 cm³/mol. The van der Waals surface area contributed by atoms with E-state index in [9.17, 15) is 18.8 Å². The molecule has 0 aromatic heterocycles. The molecule has 0 aliphatic heterocycles. The summed E-state index contributed by atoms with van der Waals surface area (Å²) in [6, 6.07) is 9.65. The van der Waals surface area contributed by atoms with Gasteiger partial charge in [-0.15, -0.1) is 0 Å². The Labute approximate surface area is 160 Å². The van der Waals surface area contributed by atoms with Crippen molar-refractivity contribution in [3.63, 3.8) is 0 Å². The quantitative estimate of drug-likeness (QED) is 0.525. The van der Waals surface area contributed by atoms with Crippen molar-refractivity contribution in [2.24, 2.45) is 0 Å². The summed E-state index contributed by atoms with van der Waals surface area (Å²) >= 11 is 0. The van der Waals surface area contributed by atoms with Gasteiger partial charge >= 0.3 is 0 Å². The summed E-state index contributed by atoms with van der Waals surface area (Å²) in [4.78, 5) is 34.5. The molecule has 1 atom stereocenters. The first-order valence-electron chi connectivity index (χ1n) is 8.20. The third kappa shape index (κ3) is 5.97. The highest BCUT2D eigenvalue weighted by molar-refractivity contribution is 5.85. The fraction of sp³-hybridized carbons (Fsp3) is 0.211. The minimum atomic E-state index is -0.928. The number of ether oxygens (including phenoxy) is 3. The first-order chi connectivity index (χ1) is 13.4.